The predicted octanol–water partition coefficient (Wildman–Crippen LogP) is 5.05. The number of ketones is 1. The first kappa shape index (κ1) is 22.8. The number of hydrogen-bond acceptors (Lipinski definition) is 9. The van der Waals surface area contributed by atoms with E-state index in [2.05, 4.69) is 10.2 Å². The first-order valence-corrected chi connectivity index (χ1v) is 12.1. The van der Waals surface area contributed by atoms with Crippen molar-refractivity contribution in [2.24, 2.45) is 0 Å². The number of benzene rings is 2. The molecule has 2 aromatic carbocycles. The fraction of sp³-hybridized carbons (Fsp3) is 0.0833. The number of carbonyl (C=O) groups is 2. The number of phenols is 1. The Morgan fingerprint density at radius 2 is 1.86 bits per heavy atom. The lowest BCUT2D eigenvalue weighted by Crippen LogP contribution is -2.31. The normalized spacial score (nSPS) is 15.7. The molecule has 0 saturated carbocycles. The molecule has 1 amide bonds. The van der Waals surface area contributed by atoms with E-state index in [1.54, 1.807) is 30.3 Å². The van der Waals surface area contributed by atoms with Gasteiger partial charge in [0, 0.05) is 5.75 Å². The topological polar surface area (TPSA) is 117 Å². The molecule has 5 rings (SSSR count). The molecule has 11 heteroatoms. The van der Waals surface area contributed by atoms with Crippen molar-refractivity contribution < 1.29 is 28.6 Å². The van der Waals surface area contributed by atoms with Crippen LogP contribution in [0.2, 0.25) is 0 Å². The molecular formula is C24H16FN3O5S2. The van der Waals surface area contributed by atoms with E-state index in [0.717, 1.165) is 11.3 Å². The molecule has 0 aliphatic carbocycles. The molecule has 35 heavy (non-hydrogen) atoms. The average Bonchev–Trinajstić information content (AvgIpc) is 3.60. The van der Waals surface area contributed by atoms with Crippen LogP contribution in [0.1, 0.15) is 27.7 Å². The van der Waals surface area contributed by atoms with Crippen LogP contribution in [0.25, 0.3) is 0 Å². The summed E-state index contributed by atoms with van der Waals surface area (Å²) in [6.07, 6.45) is 1.32. The second-order valence-corrected chi connectivity index (χ2v) is 9.65. The van der Waals surface area contributed by atoms with Crippen molar-refractivity contribution in [3.8, 4) is 5.75 Å². The monoisotopic (exact) mass is 509 g/mol. The van der Waals surface area contributed by atoms with Crippen molar-refractivity contribution in [1.29, 1.82) is 0 Å². The fourth-order valence-corrected chi connectivity index (χ4v) is 5.51. The van der Waals surface area contributed by atoms with Crippen LogP contribution < -0.4 is 4.90 Å². The maximum absolute atomic E-state index is 14.0. The van der Waals surface area contributed by atoms with Crippen LogP contribution >= 0.6 is 23.1 Å². The van der Waals surface area contributed by atoms with E-state index in [0.29, 0.717) is 21.2 Å². The number of hydrogen-bond donors (Lipinski definition) is 2. The van der Waals surface area contributed by atoms with Crippen LogP contribution in [0.3, 0.4) is 0 Å². The third-order valence-corrected chi connectivity index (χ3v) is 7.42. The maximum Gasteiger partial charge on any atom is 0.296 e. The summed E-state index contributed by atoms with van der Waals surface area (Å²) in [5, 5.41) is 28.8. The number of aliphatic hydroxyl groups excluding tert-OH is 1. The molecule has 1 aliphatic heterocycles. The Kier molecular flexibility index (Phi) is 6.10. The molecule has 3 heterocycles. The van der Waals surface area contributed by atoms with Gasteiger partial charge < -0.3 is 14.6 Å². The summed E-state index contributed by atoms with van der Waals surface area (Å²) < 4.78 is 19.6. The predicted molar refractivity (Wildman–Crippen MR) is 127 cm³/mol. The Morgan fingerprint density at radius 1 is 1.09 bits per heavy atom. The zero-order valence-electron chi connectivity index (χ0n) is 17.8. The van der Waals surface area contributed by atoms with Gasteiger partial charge in [-0.2, -0.15) is 0 Å². The van der Waals surface area contributed by atoms with Gasteiger partial charge in [-0.05, 0) is 41.5 Å². The zero-order chi connectivity index (χ0) is 24.5. The second kappa shape index (κ2) is 9.35. The van der Waals surface area contributed by atoms with E-state index in [1.165, 1.54) is 53.3 Å². The number of aromatic hydroxyl groups is 1. The second-order valence-electron chi connectivity index (χ2n) is 7.47. The van der Waals surface area contributed by atoms with E-state index in [-0.39, 0.29) is 28.0 Å². The molecule has 8 nitrogen and oxygen atoms in total. The van der Waals surface area contributed by atoms with Crippen molar-refractivity contribution in [1.82, 2.24) is 10.2 Å². The Morgan fingerprint density at radius 3 is 2.57 bits per heavy atom. The zero-order valence-corrected chi connectivity index (χ0v) is 19.4. The number of rotatable bonds is 7. The van der Waals surface area contributed by atoms with E-state index in [1.807, 2.05) is 0 Å². The van der Waals surface area contributed by atoms with Crippen LogP contribution in [0, 0.1) is 5.82 Å². The minimum absolute atomic E-state index is 0.000480. The van der Waals surface area contributed by atoms with Gasteiger partial charge in [-0.3, -0.25) is 14.5 Å². The van der Waals surface area contributed by atoms with Crippen LogP contribution in [0.5, 0.6) is 5.75 Å². The minimum Gasteiger partial charge on any atom is -0.508 e. The minimum atomic E-state index is -1.03. The van der Waals surface area contributed by atoms with Crippen molar-refractivity contribution in [2.45, 2.75) is 16.1 Å². The number of anilines is 1. The molecule has 1 aliphatic rings. The molecule has 2 N–H and O–H groups in total. The molecule has 0 spiro atoms. The number of nitrogens with zero attached hydrogens (tertiary/aromatic N) is 3. The number of phenolic OH excluding ortho intramolecular Hbond substituents is 1. The largest absolute Gasteiger partial charge is 0.508 e. The molecular weight excluding hydrogens is 493 g/mol. The molecule has 1 atom stereocenters. The smallest absolute Gasteiger partial charge is 0.296 e. The van der Waals surface area contributed by atoms with Gasteiger partial charge in [0.1, 0.15) is 11.6 Å². The molecule has 0 saturated heterocycles. The lowest BCUT2D eigenvalue weighted by Gasteiger charge is -2.23. The van der Waals surface area contributed by atoms with E-state index in [4.69, 9.17) is 4.42 Å². The highest BCUT2D eigenvalue weighted by atomic mass is 32.2. The van der Waals surface area contributed by atoms with Gasteiger partial charge in [0.2, 0.25) is 10.9 Å². The van der Waals surface area contributed by atoms with E-state index >= 15 is 0 Å². The van der Waals surface area contributed by atoms with Crippen LogP contribution in [0.4, 0.5) is 9.52 Å². The number of aromatic nitrogens is 2. The molecule has 0 radical (unpaired) electrons. The number of carbonyl (C=O) groups excluding carboxylic acids is 2. The van der Waals surface area contributed by atoms with E-state index < -0.39 is 23.5 Å². The molecule has 0 bridgehead atoms. The highest BCUT2D eigenvalue weighted by Crippen LogP contribution is 2.44. The summed E-state index contributed by atoms with van der Waals surface area (Å²) in [6, 6.07) is 14.2. The summed E-state index contributed by atoms with van der Waals surface area (Å²) in [7, 11) is 0. The van der Waals surface area contributed by atoms with Gasteiger partial charge in [0.25, 0.3) is 5.91 Å². The van der Waals surface area contributed by atoms with Gasteiger partial charge in [0.05, 0.1) is 17.9 Å². The quantitative estimate of drug-likeness (QED) is 0.202. The van der Waals surface area contributed by atoms with Gasteiger partial charge in [0.15, 0.2) is 15.9 Å². The summed E-state index contributed by atoms with van der Waals surface area (Å²) in [4.78, 5) is 27.5. The fourth-order valence-electron chi connectivity index (χ4n) is 3.66. The van der Waals surface area contributed by atoms with Gasteiger partial charge in [-0.15, -0.1) is 10.2 Å². The van der Waals surface area contributed by atoms with E-state index in [9.17, 15) is 24.2 Å². The number of furan rings is 1. The number of thioether (sulfide) groups is 1. The highest BCUT2D eigenvalue weighted by molar-refractivity contribution is 8.00. The SMILES string of the molecule is O=C(C1=C(O)C(=O)N(c2nnc(SCc3ccccc3F)s2)C1c1ccc(O)cc1)c1ccco1. The molecule has 1 unspecified atom stereocenters. The Bertz CT molecular complexity index is 1430. The third kappa shape index (κ3) is 4.31. The number of halogens is 1. The van der Waals surface area contributed by atoms with Gasteiger partial charge in [-0.25, -0.2) is 4.39 Å². The van der Waals surface area contributed by atoms with Crippen LogP contribution in [-0.4, -0.2) is 32.1 Å². The van der Waals surface area contributed by atoms with Crippen LogP contribution in [-0.2, 0) is 10.5 Å². The van der Waals surface area contributed by atoms with Crippen LogP contribution in [0.15, 0.2) is 87.0 Å². The van der Waals surface area contributed by atoms with Crippen molar-refractivity contribution >= 4 is 39.9 Å². The van der Waals surface area contributed by atoms with Crippen molar-refractivity contribution in [3.05, 3.63) is 101 Å². The standard InChI is InChI=1S/C24H16FN3O5S2/c25-16-5-2-1-4-14(16)12-34-24-27-26-23(35-24)28-19(13-7-9-15(29)10-8-13)18(21(31)22(28)32)20(30)17-6-3-11-33-17/h1-11,19,29,31H,12H2. The number of amides is 1. The number of Topliss-reactive ketones (excluding diaryl/α,β-unsaturated/α-hetero) is 1. The lowest BCUT2D eigenvalue weighted by molar-refractivity contribution is -0.117. The van der Waals surface area contributed by atoms with Crippen molar-refractivity contribution in [2.75, 3.05) is 4.90 Å². The molecule has 2 aromatic heterocycles. The van der Waals surface area contributed by atoms with Gasteiger partial charge in [-0.1, -0.05) is 53.4 Å². The third-order valence-electron chi connectivity index (χ3n) is 5.32. The summed E-state index contributed by atoms with van der Waals surface area (Å²) in [5.41, 5.74) is 0.788. The first-order valence-electron chi connectivity index (χ1n) is 10.3. The number of aliphatic hydroxyl groups is 1. The Labute approximate surface area is 206 Å². The molecule has 0 fully saturated rings. The highest BCUT2D eigenvalue weighted by Gasteiger charge is 2.46. The lowest BCUT2D eigenvalue weighted by atomic mass is 9.95. The Balaban J connectivity index is 1.49. The Hall–Kier alpha value is -3.96. The summed E-state index contributed by atoms with van der Waals surface area (Å²) >= 11 is 2.32. The summed E-state index contributed by atoms with van der Waals surface area (Å²) in [5.74, 6) is -2.26. The van der Waals surface area contributed by atoms with Gasteiger partial charge >= 0.3 is 0 Å². The summed E-state index contributed by atoms with van der Waals surface area (Å²) in [6.45, 7) is 0. The molecule has 176 valence electrons. The van der Waals surface area contributed by atoms with Crippen molar-refractivity contribution in [3.63, 3.8) is 0 Å². The maximum atomic E-state index is 14.0. The first-order chi connectivity index (χ1) is 16.9. The average molecular weight is 510 g/mol. The molecule has 4 aromatic rings.